The summed E-state index contributed by atoms with van der Waals surface area (Å²) in [6.07, 6.45) is 8.93. The minimum Gasteiger partial charge on any atom is -0.462 e. The van der Waals surface area contributed by atoms with Crippen LogP contribution in [0.1, 0.15) is 39.0 Å². The minimum absolute atomic E-state index is 0.0313. The van der Waals surface area contributed by atoms with Crippen LogP contribution >= 0.6 is 0 Å². The first-order valence-electron chi connectivity index (χ1n) is 4.67. The van der Waals surface area contributed by atoms with E-state index in [1.807, 2.05) is 0 Å². The Morgan fingerprint density at radius 3 is 3.08 bits per heavy atom. The molecule has 0 aromatic carbocycles. The molecule has 1 atom stereocenters. The third-order valence-corrected chi connectivity index (χ3v) is 2.01. The van der Waals surface area contributed by atoms with E-state index in [9.17, 15) is 4.79 Å². The molecule has 1 saturated heterocycles. The second-order valence-corrected chi connectivity index (χ2v) is 3.12. The van der Waals surface area contributed by atoms with Crippen LogP contribution in [0.5, 0.6) is 0 Å². The highest BCUT2D eigenvalue weighted by atomic mass is 16.5. The summed E-state index contributed by atoms with van der Waals surface area (Å²) in [6, 6.07) is 0. The number of esters is 1. The largest absolute Gasteiger partial charge is 0.462 e. The lowest BCUT2D eigenvalue weighted by molar-refractivity contribution is -0.153. The zero-order valence-electron chi connectivity index (χ0n) is 7.58. The van der Waals surface area contributed by atoms with E-state index in [4.69, 9.17) is 4.74 Å². The van der Waals surface area contributed by atoms with Crippen LogP contribution in [0.4, 0.5) is 0 Å². The van der Waals surface area contributed by atoms with Gasteiger partial charge in [-0.25, -0.2) is 0 Å². The van der Waals surface area contributed by atoms with Crippen LogP contribution in [0, 0.1) is 0 Å². The fourth-order valence-corrected chi connectivity index (χ4v) is 1.36. The highest BCUT2D eigenvalue weighted by Gasteiger charge is 2.18. The van der Waals surface area contributed by atoms with Gasteiger partial charge in [-0.15, -0.1) is 0 Å². The van der Waals surface area contributed by atoms with Crippen molar-refractivity contribution in [2.45, 2.75) is 45.1 Å². The van der Waals surface area contributed by atoms with Crippen molar-refractivity contribution in [1.82, 2.24) is 0 Å². The predicted octanol–water partition coefficient (Wildman–Crippen LogP) is 2.44. The van der Waals surface area contributed by atoms with Crippen LogP contribution in [0.2, 0.25) is 0 Å². The van der Waals surface area contributed by atoms with Crippen molar-refractivity contribution < 1.29 is 9.53 Å². The van der Waals surface area contributed by atoms with Gasteiger partial charge in [-0.05, 0) is 19.3 Å². The Morgan fingerprint density at radius 1 is 1.58 bits per heavy atom. The Bertz CT molecular complexity index is 173. The van der Waals surface area contributed by atoms with Crippen LogP contribution < -0.4 is 0 Å². The van der Waals surface area contributed by atoms with E-state index in [1.165, 1.54) is 0 Å². The number of carbonyl (C=O) groups is 1. The zero-order valence-corrected chi connectivity index (χ0v) is 7.58. The van der Waals surface area contributed by atoms with Gasteiger partial charge in [0.1, 0.15) is 6.10 Å². The quantitative estimate of drug-likeness (QED) is 0.478. The first kappa shape index (κ1) is 9.30. The first-order valence-corrected chi connectivity index (χ1v) is 4.67. The predicted molar refractivity (Wildman–Crippen MR) is 47.8 cm³/mol. The summed E-state index contributed by atoms with van der Waals surface area (Å²) < 4.78 is 5.14. The molecule has 0 bridgehead atoms. The van der Waals surface area contributed by atoms with Crippen molar-refractivity contribution in [1.29, 1.82) is 0 Å². The smallest absolute Gasteiger partial charge is 0.306 e. The summed E-state index contributed by atoms with van der Waals surface area (Å²) in [5.74, 6) is -0.0313. The molecule has 1 aliphatic heterocycles. The van der Waals surface area contributed by atoms with Gasteiger partial charge in [-0.1, -0.05) is 19.1 Å². The zero-order chi connectivity index (χ0) is 8.81. The topological polar surface area (TPSA) is 26.3 Å². The lowest BCUT2D eigenvalue weighted by Gasteiger charge is -2.20. The SMILES string of the molecule is CCC=CC[C@H]1CCCC(=O)O1. The van der Waals surface area contributed by atoms with Crippen molar-refractivity contribution in [3.05, 3.63) is 12.2 Å². The van der Waals surface area contributed by atoms with E-state index in [2.05, 4.69) is 19.1 Å². The van der Waals surface area contributed by atoms with Gasteiger partial charge in [0, 0.05) is 12.8 Å². The maximum atomic E-state index is 10.9. The molecule has 0 radical (unpaired) electrons. The molecule has 0 N–H and O–H groups in total. The standard InChI is InChI=1S/C10H16O2/c1-2-3-4-6-9-7-5-8-10(11)12-9/h3-4,9H,2,5-8H2,1H3/t9-/m0/s1. The minimum atomic E-state index is -0.0313. The molecule has 0 aromatic rings. The summed E-state index contributed by atoms with van der Waals surface area (Å²) in [5.41, 5.74) is 0. The Hall–Kier alpha value is -0.790. The van der Waals surface area contributed by atoms with Gasteiger partial charge in [0.05, 0.1) is 0 Å². The van der Waals surface area contributed by atoms with E-state index >= 15 is 0 Å². The molecule has 0 saturated carbocycles. The normalized spacial score (nSPS) is 24.4. The summed E-state index contributed by atoms with van der Waals surface area (Å²) in [5, 5.41) is 0. The third kappa shape index (κ3) is 3.07. The van der Waals surface area contributed by atoms with Crippen LogP contribution in [0.15, 0.2) is 12.2 Å². The lowest BCUT2D eigenvalue weighted by atomic mass is 10.1. The number of ether oxygens (including phenoxy) is 1. The van der Waals surface area contributed by atoms with Crippen molar-refractivity contribution in [3.8, 4) is 0 Å². The van der Waals surface area contributed by atoms with Crippen LogP contribution in [-0.4, -0.2) is 12.1 Å². The molecule has 1 rings (SSSR count). The summed E-state index contributed by atoms with van der Waals surface area (Å²) in [6.45, 7) is 2.10. The van der Waals surface area contributed by atoms with Crippen molar-refractivity contribution in [2.75, 3.05) is 0 Å². The first-order chi connectivity index (χ1) is 5.83. The average molecular weight is 168 g/mol. The van der Waals surface area contributed by atoms with Crippen molar-refractivity contribution in [2.24, 2.45) is 0 Å². The van der Waals surface area contributed by atoms with E-state index in [1.54, 1.807) is 0 Å². The van der Waals surface area contributed by atoms with Crippen molar-refractivity contribution in [3.63, 3.8) is 0 Å². The third-order valence-electron chi connectivity index (χ3n) is 2.01. The molecule has 2 nitrogen and oxygen atoms in total. The summed E-state index contributed by atoms with van der Waals surface area (Å²) in [4.78, 5) is 10.9. The molecule has 2 heteroatoms. The van der Waals surface area contributed by atoms with E-state index in [0.717, 1.165) is 25.7 Å². The summed E-state index contributed by atoms with van der Waals surface area (Å²) >= 11 is 0. The van der Waals surface area contributed by atoms with Crippen LogP contribution in [0.25, 0.3) is 0 Å². The maximum absolute atomic E-state index is 10.9. The second-order valence-electron chi connectivity index (χ2n) is 3.12. The molecule has 0 spiro atoms. The molecule has 12 heavy (non-hydrogen) atoms. The molecule has 0 aromatic heterocycles. The molecule has 0 aliphatic carbocycles. The van der Waals surface area contributed by atoms with Gasteiger partial charge < -0.3 is 4.74 Å². The van der Waals surface area contributed by atoms with Crippen molar-refractivity contribution >= 4 is 5.97 Å². The van der Waals surface area contributed by atoms with E-state index in [-0.39, 0.29) is 12.1 Å². The molecule has 1 fully saturated rings. The van der Waals surface area contributed by atoms with Gasteiger partial charge >= 0.3 is 5.97 Å². The molecular weight excluding hydrogens is 152 g/mol. The fourth-order valence-electron chi connectivity index (χ4n) is 1.36. The molecule has 1 aliphatic rings. The Labute approximate surface area is 73.6 Å². The van der Waals surface area contributed by atoms with Gasteiger partial charge in [0.25, 0.3) is 0 Å². The Kier molecular flexibility index (Phi) is 3.85. The highest BCUT2D eigenvalue weighted by Crippen LogP contribution is 2.16. The Morgan fingerprint density at radius 2 is 2.42 bits per heavy atom. The monoisotopic (exact) mass is 168 g/mol. The van der Waals surface area contributed by atoms with Gasteiger partial charge in [-0.3, -0.25) is 4.79 Å². The molecule has 68 valence electrons. The Balaban J connectivity index is 2.22. The van der Waals surface area contributed by atoms with E-state index < -0.39 is 0 Å². The van der Waals surface area contributed by atoms with Gasteiger partial charge in [0.2, 0.25) is 0 Å². The van der Waals surface area contributed by atoms with Crippen LogP contribution in [0.3, 0.4) is 0 Å². The molecular formula is C10H16O2. The van der Waals surface area contributed by atoms with Crippen LogP contribution in [-0.2, 0) is 9.53 Å². The molecule has 1 heterocycles. The number of cyclic esters (lactones) is 1. The molecule has 0 amide bonds. The number of hydrogen-bond donors (Lipinski definition) is 0. The van der Waals surface area contributed by atoms with Gasteiger partial charge in [0.15, 0.2) is 0 Å². The fraction of sp³-hybridized carbons (Fsp3) is 0.700. The highest BCUT2D eigenvalue weighted by molar-refractivity contribution is 5.70. The number of allylic oxidation sites excluding steroid dienone is 1. The number of hydrogen-bond acceptors (Lipinski definition) is 2. The maximum Gasteiger partial charge on any atom is 0.306 e. The molecule has 0 unspecified atom stereocenters. The summed E-state index contributed by atoms with van der Waals surface area (Å²) in [7, 11) is 0. The lowest BCUT2D eigenvalue weighted by Crippen LogP contribution is -2.22. The second kappa shape index (κ2) is 4.96. The number of rotatable bonds is 3. The van der Waals surface area contributed by atoms with E-state index in [0.29, 0.717) is 6.42 Å². The number of carbonyl (C=O) groups excluding carboxylic acids is 1. The average Bonchev–Trinajstić information content (AvgIpc) is 2.05. The van der Waals surface area contributed by atoms with Gasteiger partial charge in [-0.2, -0.15) is 0 Å².